The van der Waals surface area contributed by atoms with Gasteiger partial charge in [-0.05, 0) is 143 Å². The van der Waals surface area contributed by atoms with Crippen molar-refractivity contribution in [2.24, 2.45) is 0 Å². The average molecular weight is 858 g/mol. The zero-order valence-corrected chi connectivity index (χ0v) is 37.7. The largest absolute Gasteiger partial charge is 0.310 e. The van der Waals surface area contributed by atoms with Gasteiger partial charge < -0.3 is 4.90 Å². The molecule has 1 aliphatic rings. The molecule has 1 aliphatic carbocycles. The van der Waals surface area contributed by atoms with Crippen LogP contribution in [-0.2, 0) is 0 Å². The molecule has 0 heterocycles. The summed E-state index contributed by atoms with van der Waals surface area (Å²) >= 11 is 0. The van der Waals surface area contributed by atoms with Gasteiger partial charge in [-0.25, -0.2) is 0 Å². The van der Waals surface area contributed by atoms with E-state index in [1.807, 2.05) is 0 Å². The Bertz CT molecular complexity index is 3520. The molecular formula is C66H51N. The first-order valence-electron chi connectivity index (χ1n) is 24.0. The van der Waals surface area contributed by atoms with Crippen LogP contribution in [0.5, 0.6) is 0 Å². The Hall–Kier alpha value is -8.00. The third-order valence-corrected chi connectivity index (χ3v) is 14.3. The van der Waals surface area contributed by atoms with Gasteiger partial charge in [0.15, 0.2) is 0 Å². The van der Waals surface area contributed by atoms with Gasteiger partial charge in [0, 0.05) is 16.9 Å². The lowest BCUT2D eigenvalue weighted by Crippen LogP contribution is -2.11. The summed E-state index contributed by atoms with van der Waals surface area (Å²) in [5.41, 5.74) is 17.1. The van der Waals surface area contributed by atoms with Gasteiger partial charge in [0.25, 0.3) is 0 Å². The van der Waals surface area contributed by atoms with Crippen LogP contribution in [0.4, 0.5) is 17.1 Å². The summed E-state index contributed by atoms with van der Waals surface area (Å²) in [7, 11) is 0. The minimum Gasteiger partial charge on any atom is -0.310 e. The summed E-state index contributed by atoms with van der Waals surface area (Å²) in [5, 5.41) is 7.81. The maximum atomic E-state index is 2.47. The second-order valence-electron chi connectivity index (χ2n) is 18.2. The molecule has 11 aromatic rings. The smallest absolute Gasteiger partial charge is 0.0540 e. The van der Waals surface area contributed by atoms with Crippen molar-refractivity contribution in [2.45, 2.75) is 38.0 Å². The zero-order valence-electron chi connectivity index (χ0n) is 37.7. The zero-order chi connectivity index (χ0) is 44.5. The van der Waals surface area contributed by atoms with Crippen molar-refractivity contribution in [2.75, 3.05) is 4.90 Å². The Labute approximate surface area is 394 Å². The SMILES string of the molecule is c1ccc(-c2ccc(-c3ccc(N(c4ccc(-c5cccc6c5ccc5ccccc56)cc4)c4ccccc4-c4cccc5cccc(C6CCCCC6)c45)cc3)cc2-c2ccccc2)cc1. The van der Waals surface area contributed by atoms with Crippen LogP contribution in [0.3, 0.4) is 0 Å². The van der Waals surface area contributed by atoms with Crippen LogP contribution in [0.2, 0.25) is 0 Å². The molecule has 0 amide bonds. The Morgan fingerprint density at radius 2 is 0.851 bits per heavy atom. The fourth-order valence-electron chi connectivity index (χ4n) is 11.0. The van der Waals surface area contributed by atoms with Gasteiger partial charge in [0.05, 0.1) is 5.69 Å². The van der Waals surface area contributed by atoms with E-state index in [9.17, 15) is 0 Å². The summed E-state index contributed by atoms with van der Waals surface area (Å²) in [4.78, 5) is 2.47. The molecule has 0 radical (unpaired) electrons. The molecule has 0 spiro atoms. The summed E-state index contributed by atoms with van der Waals surface area (Å²) in [6.07, 6.45) is 6.47. The molecular weight excluding hydrogens is 807 g/mol. The van der Waals surface area contributed by atoms with Crippen LogP contribution in [0, 0.1) is 0 Å². The van der Waals surface area contributed by atoms with Gasteiger partial charge in [-0.15, -0.1) is 0 Å². The van der Waals surface area contributed by atoms with Crippen molar-refractivity contribution in [1.82, 2.24) is 0 Å². The number of benzene rings is 11. The second-order valence-corrected chi connectivity index (χ2v) is 18.2. The fraction of sp³-hybridized carbons (Fsp3) is 0.0909. The summed E-state index contributed by atoms with van der Waals surface area (Å²) in [5.74, 6) is 0.582. The first kappa shape index (κ1) is 40.5. The summed E-state index contributed by atoms with van der Waals surface area (Å²) < 4.78 is 0. The molecule has 0 atom stereocenters. The monoisotopic (exact) mass is 857 g/mol. The topological polar surface area (TPSA) is 3.24 Å². The number of hydrogen-bond donors (Lipinski definition) is 0. The van der Waals surface area contributed by atoms with E-state index in [2.05, 4.69) is 248 Å². The van der Waals surface area contributed by atoms with Crippen molar-refractivity contribution < 1.29 is 0 Å². The number of hydrogen-bond acceptors (Lipinski definition) is 1. The van der Waals surface area contributed by atoms with E-state index in [4.69, 9.17) is 0 Å². The number of anilines is 3. The highest BCUT2D eigenvalue weighted by atomic mass is 15.1. The second kappa shape index (κ2) is 17.8. The van der Waals surface area contributed by atoms with E-state index in [0.717, 1.165) is 17.1 Å². The van der Waals surface area contributed by atoms with Crippen LogP contribution in [0.15, 0.2) is 243 Å². The Balaban J connectivity index is 0.995. The molecule has 0 N–H and O–H groups in total. The minimum atomic E-state index is 0.582. The van der Waals surface area contributed by atoms with Crippen LogP contribution in [0.25, 0.3) is 88.0 Å². The van der Waals surface area contributed by atoms with Crippen molar-refractivity contribution in [3.05, 3.63) is 248 Å². The molecule has 320 valence electrons. The van der Waals surface area contributed by atoms with Gasteiger partial charge in [0.1, 0.15) is 0 Å². The van der Waals surface area contributed by atoms with Crippen LogP contribution >= 0.6 is 0 Å². The lowest BCUT2D eigenvalue weighted by molar-refractivity contribution is 0.445. The first-order valence-corrected chi connectivity index (χ1v) is 24.0. The van der Waals surface area contributed by atoms with E-state index in [1.165, 1.54) is 126 Å². The Morgan fingerprint density at radius 3 is 1.61 bits per heavy atom. The van der Waals surface area contributed by atoms with Gasteiger partial charge in [-0.1, -0.05) is 226 Å². The lowest BCUT2D eigenvalue weighted by atomic mass is 9.80. The van der Waals surface area contributed by atoms with Crippen molar-refractivity contribution >= 4 is 49.4 Å². The molecule has 1 saturated carbocycles. The quantitative estimate of drug-likeness (QED) is 0.131. The number of fused-ring (bicyclic) bond motifs is 4. The molecule has 67 heavy (non-hydrogen) atoms. The third kappa shape index (κ3) is 7.67. The van der Waals surface area contributed by atoms with E-state index in [1.54, 1.807) is 0 Å². The predicted octanol–water partition coefficient (Wildman–Crippen LogP) is 19.0. The van der Waals surface area contributed by atoms with Gasteiger partial charge in [0.2, 0.25) is 0 Å². The maximum absolute atomic E-state index is 2.47. The highest BCUT2D eigenvalue weighted by molar-refractivity contribution is 6.12. The number of para-hydroxylation sites is 1. The molecule has 0 aromatic heterocycles. The van der Waals surface area contributed by atoms with Gasteiger partial charge in [-0.2, -0.15) is 0 Å². The Kier molecular flexibility index (Phi) is 10.7. The molecule has 12 rings (SSSR count). The maximum Gasteiger partial charge on any atom is 0.0540 e. The number of rotatable bonds is 9. The molecule has 0 saturated heterocycles. The molecule has 11 aromatic carbocycles. The summed E-state index contributed by atoms with van der Waals surface area (Å²) in [6, 6.07) is 89.7. The lowest BCUT2D eigenvalue weighted by Gasteiger charge is -2.29. The van der Waals surface area contributed by atoms with Crippen LogP contribution in [-0.4, -0.2) is 0 Å². The van der Waals surface area contributed by atoms with Gasteiger partial charge in [-0.3, -0.25) is 0 Å². The van der Waals surface area contributed by atoms with E-state index < -0.39 is 0 Å². The summed E-state index contributed by atoms with van der Waals surface area (Å²) in [6.45, 7) is 0. The predicted molar refractivity (Wildman–Crippen MR) is 287 cm³/mol. The number of nitrogens with zero attached hydrogens (tertiary/aromatic N) is 1. The van der Waals surface area contributed by atoms with Crippen molar-refractivity contribution in [3.63, 3.8) is 0 Å². The standard InChI is InChI=1S/C66H51N/c1-4-17-47(18-5-1)58-43-38-53(45-64(58)49-21-8-3-9-22-49)46-33-39-54(40-34-46)67(55-41-35-51(36-42-55)57-28-16-30-60-56-26-11-10-23-50(56)37-44-61(57)60)65-32-13-12-27-62(65)63-31-15-25-52-24-14-29-59(66(52)63)48-19-6-2-7-20-48/h1,3-5,8-18,21-45,48H,2,6-7,19-20H2. The fourth-order valence-corrected chi connectivity index (χ4v) is 11.0. The van der Waals surface area contributed by atoms with E-state index >= 15 is 0 Å². The first-order chi connectivity index (χ1) is 33.2. The highest BCUT2D eigenvalue weighted by Gasteiger charge is 2.23. The Morgan fingerprint density at radius 1 is 0.299 bits per heavy atom. The van der Waals surface area contributed by atoms with Gasteiger partial charge >= 0.3 is 0 Å². The average Bonchev–Trinajstić information content (AvgIpc) is 3.41. The molecule has 0 aliphatic heterocycles. The van der Waals surface area contributed by atoms with E-state index in [-0.39, 0.29) is 0 Å². The molecule has 1 nitrogen and oxygen atoms in total. The van der Waals surface area contributed by atoms with Crippen LogP contribution in [0.1, 0.15) is 43.6 Å². The van der Waals surface area contributed by atoms with Crippen molar-refractivity contribution in [1.29, 1.82) is 0 Å². The normalized spacial score (nSPS) is 13.0. The minimum absolute atomic E-state index is 0.582. The highest BCUT2D eigenvalue weighted by Crippen LogP contribution is 2.47. The van der Waals surface area contributed by atoms with Crippen LogP contribution < -0.4 is 4.90 Å². The molecule has 1 heteroatoms. The molecule has 0 bridgehead atoms. The third-order valence-electron chi connectivity index (χ3n) is 14.3. The molecule has 0 unspecified atom stereocenters. The molecule has 1 fully saturated rings. The van der Waals surface area contributed by atoms with E-state index in [0.29, 0.717) is 5.92 Å². The van der Waals surface area contributed by atoms with Crippen molar-refractivity contribution in [3.8, 4) is 55.6 Å².